The molecule has 14 heteroatoms. The van der Waals surface area contributed by atoms with E-state index < -0.39 is 11.0 Å². The number of aromatic nitrogens is 6. The minimum absolute atomic E-state index is 0.183. The lowest BCUT2D eigenvalue weighted by Crippen LogP contribution is -2.63. The Morgan fingerprint density at radius 1 is 1.29 bits per heavy atom. The number of rotatable bonds is 7. The molecule has 173 valence electrons. The molecule has 0 bridgehead atoms. The number of hydrogen-bond donors (Lipinski definition) is 3. The first kappa shape index (κ1) is 22.5. The highest BCUT2D eigenvalue weighted by Crippen LogP contribution is 2.30. The van der Waals surface area contributed by atoms with Gasteiger partial charge in [-0.15, -0.1) is 0 Å². The zero-order valence-corrected chi connectivity index (χ0v) is 19.6. The molecule has 1 saturated heterocycles. The number of fused-ring (bicyclic) bond motifs is 1. The van der Waals surface area contributed by atoms with Crippen molar-refractivity contribution in [2.24, 2.45) is 0 Å². The van der Waals surface area contributed by atoms with Crippen molar-refractivity contribution in [2.75, 3.05) is 31.6 Å². The third kappa shape index (κ3) is 4.65. The summed E-state index contributed by atoms with van der Waals surface area (Å²) in [5, 5.41) is 8.80. The van der Waals surface area contributed by atoms with Gasteiger partial charge in [-0.1, -0.05) is 11.3 Å². The van der Waals surface area contributed by atoms with Gasteiger partial charge in [0.25, 0.3) is 0 Å². The number of halogens is 1. The SMILES string of the molecule is O=C(NCCn1cnc2cnc(Nc3ncc(-c4ncncc4F)s3)cc21)[C@@]1([Si])COCCN1. The van der Waals surface area contributed by atoms with Crippen LogP contribution in [0.15, 0.2) is 37.3 Å². The minimum atomic E-state index is -0.919. The van der Waals surface area contributed by atoms with Gasteiger partial charge in [0.15, 0.2) is 10.9 Å². The molecule has 3 N–H and O–H groups in total. The van der Waals surface area contributed by atoms with E-state index in [0.717, 1.165) is 17.2 Å². The summed E-state index contributed by atoms with van der Waals surface area (Å²) in [7, 11) is 3.48. The number of carbonyl (C=O) groups is 1. The van der Waals surface area contributed by atoms with E-state index in [4.69, 9.17) is 4.74 Å². The quantitative estimate of drug-likeness (QED) is 0.318. The Morgan fingerprint density at radius 3 is 3.03 bits per heavy atom. The molecule has 3 radical (unpaired) electrons. The number of pyridine rings is 1. The number of morpholine rings is 1. The van der Waals surface area contributed by atoms with Crippen LogP contribution in [0.2, 0.25) is 0 Å². The first-order valence-corrected chi connectivity index (χ1v) is 11.7. The van der Waals surface area contributed by atoms with Crippen LogP contribution in [0.5, 0.6) is 0 Å². The molecular weight excluding hydrogens is 477 g/mol. The van der Waals surface area contributed by atoms with E-state index in [1.807, 2.05) is 10.6 Å². The molecular formula is C20H19FN9O2SSi. The molecule has 5 rings (SSSR count). The molecule has 1 aliphatic rings. The second-order valence-electron chi connectivity index (χ2n) is 7.51. The van der Waals surface area contributed by atoms with Gasteiger partial charge >= 0.3 is 0 Å². The zero-order valence-electron chi connectivity index (χ0n) is 17.8. The molecule has 4 aromatic heterocycles. The Kier molecular flexibility index (Phi) is 6.27. The average Bonchev–Trinajstić information content (AvgIpc) is 3.47. The van der Waals surface area contributed by atoms with E-state index >= 15 is 0 Å². The lowest BCUT2D eigenvalue weighted by molar-refractivity contribution is -0.128. The second kappa shape index (κ2) is 9.50. The van der Waals surface area contributed by atoms with Crippen LogP contribution in [0.3, 0.4) is 0 Å². The molecule has 11 nitrogen and oxygen atoms in total. The van der Waals surface area contributed by atoms with Gasteiger partial charge in [-0.25, -0.2) is 29.3 Å². The number of nitrogens with zero attached hydrogens (tertiary/aromatic N) is 6. The van der Waals surface area contributed by atoms with Crippen molar-refractivity contribution in [2.45, 2.75) is 11.7 Å². The highest BCUT2D eigenvalue weighted by Gasteiger charge is 2.34. The van der Waals surface area contributed by atoms with Crippen LogP contribution < -0.4 is 16.0 Å². The van der Waals surface area contributed by atoms with Crippen LogP contribution in [0.4, 0.5) is 15.3 Å². The van der Waals surface area contributed by atoms with Crippen molar-refractivity contribution in [1.82, 2.24) is 40.1 Å². The first-order valence-electron chi connectivity index (χ1n) is 10.4. The minimum Gasteiger partial charge on any atom is -0.378 e. The highest BCUT2D eigenvalue weighted by atomic mass is 32.1. The van der Waals surface area contributed by atoms with Crippen LogP contribution in [0.1, 0.15) is 0 Å². The van der Waals surface area contributed by atoms with E-state index in [-0.39, 0.29) is 18.2 Å². The van der Waals surface area contributed by atoms with Gasteiger partial charge in [-0.2, -0.15) is 0 Å². The number of hydrogen-bond acceptors (Lipinski definition) is 10. The second-order valence-corrected chi connectivity index (χ2v) is 9.39. The van der Waals surface area contributed by atoms with E-state index in [1.165, 1.54) is 17.7 Å². The predicted molar refractivity (Wildman–Crippen MR) is 124 cm³/mol. The van der Waals surface area contributed by atoms with Gasteiger partial charge in [0.1, 0.15) is 28.5 Å². The Balaban J connectivity index is 1.25. The average molecular weight is 497 g/mol. The Bertz CT molecular complexity index is 1320. The molecule has 4 aromatic rings. The van der Waals surface area contributed by atoms with Crippen LogP contribution in [-0.2, 0) is 16.1 Å². The number of carbonyl (C=O) groups excluding carboxylic acids is 1. The third-order valence-corrected chi connectivity index (χ3v) is 6.63. The smallest absolute Gasteiger partial charge is 0.238 e. The van der Waals surface area contributed by atoms with Crippen LogP contribution in [-0.4, -0.2) is 77.1 Å². The maximum Gasteiger partial charge on any atom is 0.238 e. The lowest BCUT2D eigenvalue weighted by Gasteiger charge is -2.33. The normalized spacial score (nSPS) is 18.2. The molecule has 0 aliphatic carbocycles. The molecule has 5 heterocycles. The van der Waals surface area contributed by atoms with E-state index in [9.17, 15) is 9.18 Å². The summed E-state index contributed by atoms with van der Waals surface area (Å²) in [6, 6.07) is 1.85. The predicted octanol–water partition coefficient (Wildman–Crippen LogP) is 0.828. The van der Waals surface area contributed by atoms with Gasteiger partial charge in [-0.3, -0.25) is 4.79 Å². The third-order valence-electron chi connectivity index (χ3n) is 5.17. The molecule has 0 unspecified atom stereocenters. The van der Waals surface area contributed by atoms with Crippen molar-refractivity contribution in [3.63, 3.8) is 0 Å². The van der Waals surface area contributed by atoms with Gasteiger partial charge in [-0.05, 0) is 0 Å². The number of imidazole rings is 1. The van der Waals surface area contributed by atoms with Gasteiger partial charge < -0.3 is 25.3 Å². The van der Waals surface area contributed by atoms with Crippen LogP contribution in [0, 0.1) is 5.82 Å². The maximum atomic E-state index is 13.9. The molecule has 1 atom stereocenters. The number of anilines is 2. The van der Waals surface area contributed by atoms with Gasteiger partial charge in [0.2, 0.25) is 5.91 Å². The van der Waals surface area contributed by atoms with Crippen molar-refractivity contribution in [1.29, 1.82) is 0 Å². The fraction of sp³-hybridized carbons (Fsp3) is 0.300. The summed E-state index contributed by atoms with van der Waals surface area (Å²) in [6.45, 7) is 2.35. The van der Waals surface area contributed by atoms with Crippen molar-refractivity contribution in [3.8, 4) is 10.6 Å². The Morgan fingerprint density at radius 2 is 2.21 bits per heavy atom. The van der Waals surface area contributed by atoms with Crippen molar-refractivity contribution >= 4 is 49.5 Å². The molecule has 1 fully saturated rings. The molecule has 0 saturated carbocycles. The summed E-state index contributed by atoms with van der Waals surface area (Å²) in [5.41, 5.74) is 1.76. The molecule has 0 aromatic carbocycles. The standard InChI is InChI=1S/C20H19FN9O2SSi/c21-12-6-22-10-26-17(12)15-8-25-19(33-15)29-16-5-14-13(7-24-16)27-11-30(14)3-1-23-18(31)20(34)9-32-4-2-28-20/h5-8,10-11,28H,1-4,9H2,(H,23,31)(H,24,25,29)/t20-/m0/s1. The summed E-state index contributed by atoms with van der Waals surface area (Å²) in [5.74, 6) is -0.132. The Labute approximate surface area is 200 Å². The fourth-order valence-electron chi connectivity index (χ4n) is 3.45. The summed E-state index contributed by atoms with van der Waals surface area (Å²) in [4.78, 5) is 33.8. The molecule has 34 heavy (non-hydrogen) atoms. The van der Waals surface area contributed by atoms with E-state index in [2.05, 4.69) is 51.1 Å². The molecule has 1 amide bonds. The topological polar surface area (TPSA) is 132 Å². The monoisotopic (exact) mass is 496 g/mol. The van der Waals surface area contributed by atoms with E-state index in [1.54, 1.807) is 18.7 Å². The van der Waals surface area contributed by atoms with Crippen LogP contribution in [0.25, 0.3) is 21.6 Å². The lowest BCUT2D eigenvalue weighted by atomic mass is 10.2. The molecule has 0 spiro atoms. The summed E-state index contributed by atoms with van der Waals surface area (Å²) >= 11 is 1.25. The summed E-state index contributed by atoms with van der Waals surface area (Å²) in [6.07, 6.45) is 7.31. The van der Waals surface area contributed by atoms with Gasteiger partial charge in [0.05, 0.1) is 52.6 Å². The van der Waals surface area contributed by atoms with Crippen molar-refractivity contribution in [3.05, 3.63) is 43.1 Å². The fourth-order valence-corrected chi connectivity index (χ4v) is 4.59. The summed E-state index contributed by atoms with van der Waals surface area (Å²) < 4.78 is 21.3. The zero-order chi connectivity index (χ0) is 23.5. The largest absolute Gasteiger partial charge is 0.378 e. The van der Waals surface area contributed by atoms with Crippen molar-refractivity contribution < 1.29 is 13.9 Å². The number of ether oxygens (including phenoxy) is 1. The molecule has 1 aliphatic heterocycles. The number of amides is 1. The van der Waals surface area contributed by atoms with Gasteiger partial charge in [0, 0.05) is 31.9 Å². The van der Waals surface area contributed by atoms with Crippen LogP contribution >= 0.6 is 11.3 Å². The Hall–Kier alpha value is -3.33. The first-order chi connectivity index (χ1) is 16.5. The maximum absolute atomic E-state index is 13.9. The highest BCUT2D eigenvalue weighted by molar-refractivity contribution is 7.18. The van der Waals surface area contributed by atoms with E-state index in [0.29, 0.717) is 42.1 Å². The number of nitrogens with one attached hydrogen (secondary N) is 3. The number of thiazole rings is 1.